The van der Waals surface area contributed by atoms with Crippen molar-refractivity contribution in [2.75, 3.05) is 17.2 Å². The van der Waals surface area contributed by atoms with E-state index in [0.29, 0.717) is 11.8 Å². The van der Waals surface area contributed by atoms with Crippen molar-refractivity contribution in [3.8, 4) is 0 Å². The molecule has 1 heterocycles. The van der Waals surface area contributed by atoms with E-state index in [1.807, 2.05) is 0 Å². The highest BCUT2D eigenvalue weighted by Crippen LogP contribution is 2.32. The SMILES string of the molecule is O=C1CC(CS)CN1c1cc([N+](=O)[O-])c(F)cc1F. The molecule has 1 aliphatic heterocycles. The van der Waals surface area contributed by atoms with Gasteiger partial charge < -0.3 is 4.90 Å². The monoisotopic (exact) mass is 288 g/mol. The summed E-state index contributed by atoms with van der Waals surface area (Å²) in [4.78, 5) is 22.5. The van der Waals surface area contributed by atoms with Crippen LogP contribution in [0.1, 0.15) is 6.42 Å². The molecule has 0 bridgehead atoms. The fourth-order valence-electron chi connectivity index (χ4n) is 2.01. The second-order valence-corrected chi connectivity index (χ2v) is 4.63. The van der Waals surface area contributed by atoms with E-state index in [2.05, 4.69) is 12.6 Å². The van der Waals surface area contributed by atoms with E-state index in [-0.39, 0.29) is 30.5 Å². The van der Waals surface area contributed by atoms with Crippen LogP contribution < -0.4 is 4.90 Å². The van der Waals surface area contributed by atoms with Gasteiger partial charge in [-0.1, -0.05) is 0 Å². The number of carbonyl (C=O) groups excluding carboxylic acids is 1. The van der Waals surface area contributed by atoms with E-state index in [4.69, 9.17) is 0 Å². The van der Waals surface area contributed by atoms with E-state index in [1.165, 1.54) is 0 Å². The Morgan fingerprint density at radius 2 is 2.11 bits per heavy atom. The smallest absolute Gasteiger partial charge is 0.307 e. The van der Waals surface area contributed by atoms with Crippen LogP contribution in [0.3, 0.4) is 0 Å². The highest BCUT2D eigenvalue weighted by Gasteiger charge is 2.33. The molecule has 0 aromatic heterocycles. The normalized spacial score (nSPS) is 19.0. The van der Waals surface area contributed by atoms with Gasteiger partial charge in [0.25, 0.3) is 0 Å². The van der Waals surface area contributed by atoms with Crippen LogP contribution in [0.15, 0.2) is 12.1 Å². The van der Waals surface area contributed by atoms with Gasteiger partial charge in [0.2, 0.25) is 11.7 Å². The molecule has 5 nitrogen and oxygen atoms in total. The Balaban J connectivity index is 2.42. The summed E-state index contributed by atoms with van der Waals surface area (Å²) < 4.78 is 26.9. The van der Waals surface area contributed by atoms with Gasteiger partial charge in [0, 0.05) is 25.1 Å². The largest absolute Gasteiger partial charge is 0.309 e. The van der Waals surface area contributed by atoms with Crippen molar-refractivity contribution in [2.45, 2.75) is 6.42 Å². The van der Waals surface area contributed by atoms with E-state index in [0.717, 1.165) is 11.0 Å². The average Bonchev–Trinajstić information content (AvgIpc) is 2.70. The standard InChI is InChI=1S/C11H10F2N2O3S/c12-7-2-8(13)10(15(17)18)3-9(7)14-4-6(5-19)1-11(14)16/h2-3,6,19H,1,4-5H2. The van der Waals surface area contributed by atoms with Crippen molar-refractivity contribution in [1.82, 2.24) is 0 Å². The Hall–Kier alpha value is -1.70. The van der Waals surface area contributed by atoms with E-state index >= 15 is 0 Å². The van der Waals surface area contributed by atoms with Gasteiger partial charge in [-0.15, -0.1) is 0 Å². The minimum atomic E-state index is -1.26. The third kappa shape index (κ3) is 2.53. The second-order valence-electron chi connectivity index (χ2n) is 4.27. The molecule has 0 saturated carbocycles. The van der Waals surface area contributed by atoms with Crippen molar-refractivity contribution in [3.63, 3.8) is 0 Å². The number of carbonyl (C=O) groups is 1. The van der Waals surface area contributed by atoms with Crippen LogP contribution in [0, 0.1) is 27.7 Å². The number of rotatable bonds is 3. The molecule has 1 fully saturated rings. The van der Waals surface area contributed by atoms with Gasteiger partial charge >= 0.3 is 5.69 Å². The molecule has 0 N–H and O–H groups in total. The summed E-state index contributed by atoms with van der Waals surface area (Å²) in [7, 11) is 0. The number of halogens is 2. The van der Waals surface area contributed by atoms with Crippen LogP contribution in [0.25, 0.3) is 0 Å². The summed E-state index contributed by atoms with van der Waals surface area (Å²) in [6.45, 7) is 0.224. The Morgan fingerprint density at radius 3 is 2.63 bits per heavy atom. The lowest BCUT2D eigenvalue weighted by molar-refractivity contribution is -0.387. The van der Waals surface area contributed by atoms with Crippen LogP contribution in [0.5, 0.6) is 0 Å². The number of thiol groups is 1. The first-order chi connectivity index (χ1) is 8.93. The van der Waals surface area contributed by atoms with Gasteiger partial charge in [-0.2, -0.15) is 17.0 Å². The predicted molar refractivity (Wildman–Crippen MR) is 67.3 cm³/mol. The summed E-state index contributed by atoms with van der Waals surface area (Å²) in [5, 5.41) is 10.6. The first-order valence-electron chi connectivity index (χ1n) is 5.48. The molecule has 1 saturated heterocycles. The molecule has 1 aromatic carbocycles. The van der Waals surface area contributed by atoms with E-state index in [1.54, 1.807) is 0 Å². The molecular weight excluding hydrogens is 278 g/mol. The minimum Gasteiger partial charge on any atom is -0.309 e. The minimum absolute atomic E-state index is 0.0423. The molecule has 0 aliphatic carbocycles. The van der Waals surface area contributed by atoms with Gasteiger partial charge in [0.05, 0.1) is 10.6 Å². The van der Waals surface area contributed by atoms with Crippen molar-refractivity contribution < 1.29 is 18.5 Å². The van der Waals surface area contributed by atoms with E-state index in [9.17, 15) is 23.7 Å². The van der Waals surface area contributed by atoms with Crippen LogP contribution in [0.2, 0.25) is 0 Å². The zero-order valence-electron chi connectivity index (χ0n) is 9.68. The fourth-order valence-corrected chi connectivity index (χ4v) is 2.25. The van der Waals surface area contributed by atoms with Crippen LogP contribution >= 0.6 is 12.6 Å². The molecule has 2 rings (SSSR count). The highest BCUT2D eigenvalue weighted by molar-refractivity contribution is 7.80. The molecule has 8 heteroatoms. The quantitative estimate of drug-likeness (QED) is 0.526. The summed E-state index contributed by atoms with van der Waals surface area (Å²) in [5.41, 5.74) is -1.11. The zero-order chi connectivity index (χ0) is 14.2. The number of nitrogens with zero attached hydrogens (tertiary/aromatic N) is 2. The second kappa shape index (κ2) is 5.12. The number of benzene rings is 1. The van der Waals surface area contributed by atoms with Gasteiger partial charge in [-0.05, 0) is 11.7 Å². The molecule has 19 heavy (non-hydrogen) atoms. The molecule has 1 atom stereocenters. The Labute approximate surface area is 112 Å². The van der Waals surface area contributed by atoms with Crippen molar-refractivity contribution in [3.05, 3.63) is 33.9 Å². The van der Waals surface area contributed by atoms with Crippen LogP contribution in [0.4, 0.5) is 20.2 Å². The fraction of sp³-hybridized carbons (Fsp3) is 0.364. The summed E-state index contributed by atoms with van der Waals surface area (Å²) in [6, 6.07) is 1.18. The summed E-state index contributed by atoms with van der Waals surface area (Å²) in [6.07, 6.45) is 0.202. The molecule has 1 amide bonds. The maximum Gasteiger partial charge on any atom is 0.307 e. The van der Waals surface area contributed by atoms with Crippen molar-refractivity contribution in [1.29, 1.82) is 0 Å². The first kappa shape index (κ1) is 13.7. The summed E-state index contributed by atoms with van der Waals surface area (Å²) >= 11 is 4.06. The van der Waals surface area contributed by atoms with Gasteiger partial charge in [-0.25, -0.2) is 4.39 Å². The van der Waals surface area contributed by atoms with Gasteiger partial charge in [0.1, 0.15) is 5.82 Å². The van der Waals surface area contributed by atoms with Crippen molar-refractivity contribution in [2.24, 2.45) is 5.92 Å². The van der Waals surface area contributed by atoms with Gasteiger partial charge in [0.15, 0.2) is 0 Å². The highest BCUT2D eigenvalue weighted by atomic mass is 32.1. The lowest BCUT2D eigenvalue weighted by atomic mass is 10.1. The molecule has 1 aromatic rings. The number of amides is 1. The number of nitro benzene ring substituents is 1. The third-order valence-corrected chi connectivity index (χ3v) is 3.48. The zero-order valence-corrected chi connectivity index (χ0v) is 10.6. The third-order valence-electron chi connectivity index (χ3n) is 2.97. The first-order valence-corrected chi connectivity index (χ1v) is 6.12. The molecule has 1 aliphatic rings. The molecule has 0 spiro atoms. The summed E-state index contributed by atoms with van der Waals surface area (Å²) in [5.74, 6) is -2.19. The van der Waals surface area contributed by atoms with Gasteiger partial charge in [-0.3, -0.25) is 14.9 Å². The lowest BCUT2D eigenvalue weighted by Crippen LogP contribution is -2.26. The Bertz CT molecular complexity index is 553. The maximum atomic E-state index is 13.7. The number of hydrogen-bond donors (Lipinski definition) is 1. The van der Waals surface area contributed by atoms with Crippen LogP contribution in [-0.2, 0) is 4.79 Å². The van der Waals surface area contributed by atoms with Crippen LogP contribution in [-0.4, -0.2) is 23.1 Å². The number of nitro groups is 1. The molecule has 102 valence electrons. The average molecular weight is 288 g/mol. The molecule has 0 radical (unpaired) electrons. The Kier molecular flexibility index (Phi) is 3.70. The van der Waals surface area contributed by atoms with E-state index < -0.39 is 22.2 Å². The lowest BCUT2D eigenvalue weighted by Gasteiger charge is -2.17. The van der Waals surface area contributed by atoms with Crippen molar-refractivity contribution >= 4 is 29.9 Å². The topological polar surface area (TPSA) is 63.5 Å². The number of hydrogen-bond acceptors (Lipinski definition) is 4. The Morgan fingerprint density at radius 1 is 1.42 bits per heavy atom. The molecule has 1 unspecified atom stereocenters. The maximum absolute atomic E-state index is 13.7. The molecular formula is C11H10F2N2O3S. The predicted octanol–water partition coefficient (Wildman–Crippen LogP) is 2.16. The number of anilines is 1.